The number of rotatable bonds is 6. The predicted octanol–water partition coefficient (Wildman–Crippen LogP) is 1.54. The molecule has 1 aromatic rings. The second kappa shape index (κ2) is 6.31. The molecule has 5 heteroatoms. The second-order valence-electron chi connectivity index (χ2n) is 4.84. The van der Waals surface area contributed by atoms with Gasteiger partial charge in [0.15, 0.2) is 0 Å². The van der Waals surface area contributed by atoms with Crippen LogP contribution >= 0.6 is 0 Å². The number of sulfonamides is 1. The Morgan fingerprint density at radius 2 is 1.78 bits per heavy atom. The summed E-state index contributed by atoms with van der Waals surface area (Å²) in [4.78, 5) is 0.243. The van der Waals surface area contributed by atoms with Crippen LogP contribution in [0.15, 0.2) is 29.2 Å². The summed E-state index contributed by atoms with van der Waals surface area (Å²) in [5.41, 5.74) is 0.943. The van der Waals surface area contributed by atoms with Crippen molar-refractivity contribution in [1.82, 2.24) is 4.72 Å². The van der Waals surface area contributed by atoms with Crippen molar-refractivity contribution < 1.29 is 13.5 Å². The highest BCUT2D eigenvalue weighted by Crippen LogP contribution is 2.14. The molecular weight excluding hydrogens is 250 g/mol. The van der Waals surface area contributed by atoms with Crippen molar-refractivity contribution in [3.63, 3.8) is 0 Å². The first-order chi connectivity index (χ1) is 8.35. The minimum Gasteiger partial charge on any atom is -0.393 e. The monoisotopic (exact) mass is 271 g/mol. The van der Waals surface area contributed by atoms with Crippen molar-refractivity contribution in [2.24, 2.45) is 5.92 Å². The minimum absolute atomic E-state index is 0.243. The maximum Gasteiger partial charge on any atom is 0.240 e. The number of hydrogen-bond acceptors (Lipinski definition) is 3. The molecular formula is C13H21NO3S. The molecule has 0 radical (unpaired) electrons. The van der Waals surface area contributed by atoms with Crippen LogP contribution in [0.1, 0.15) is 25.8 Å². The molecule has 102 valence electrons. The lowest BCUT2D eigenvalue weighted by molar-refractivity contribution is 0.149. The summed E-state index contributed by atoms with van der Waals surface area (Å²) in [5, 5.41) is 9.82. The number of benzene rings is 1. The Kier molecular flexibility index (Phi) is 5.31. The van der Waals surface area contributed by atoms with E-state index in [1.807, 2.05) is 0 Å². The van der Waals surface area contributed by atoms with Gasteiger partial charge in [0, 0.05) is 0 Å². The van der Waals surface area contributed by atoms with Gasteiger partial charge in [-0.1, -0.05) is 26.0 Å². The topological polar surface area (TPSA) is 66.4 Å². The smallest absolute Gasteiger partial charge is 0.240 e. The molecule has 0 aliphatic heterocycles. The highest BCUT2D eigenvalue weighted by Gasteiger charge is 2.12. The predicted molar refractivity (Wildman–Crippen MR) is 71.9 cm³/mol. The minimum atomic E-state index is -3.37. The molecule has 0 bridgehead atoms. The number of aliphatic hydroxyl groups is 1. The molecule has 0 aliphatic rings. The standard InChI is InChI=1S/C13H21NO3S/c1-10(2)8-12(15)9-11-4-6-13(7-5-11)18(16,17)14-3/h4-7,10,12,14-15H,8-9H2,1-3H3. The average molecular weight is 271 g/mol. The molecule has 18 heavy (non-hydrogen) atoms. The molecule has 0 aromatic heterocycles. The van der Waals surface area contributed by atoms with Crippen LogP contribution in [0.2, 0.25) is 0 Å². The van der Waals surface area contributed by atoms with Crippen LogP contribution in [-0.2, 0) is 16.4 Å². The average Bonchev–Trinajstić information content (AvgIpc) is 2.28. The molecule has 0 spiro atoms. The van der Waals surface area contributed by atoms with Crippen LogP contribution in [0.3, 0.4) is 0 Å². The molecule has 0 saturated carbocycles. The van der Waals surface area contributed by atoms with Gasteiger partial charge in [0.05, 0.1) is 11.0 Å². The van der Waals surface area contributed by atoms with E-state index >= 15 is 0 Å². The molecule has 0 heterocycles. The van der Waals surface area contributed by atoms with Crippen molar-refractivity contribution in [2.45, 2.75) is 37.7 Å². The summed E-state index contributed by atoms with van der Waals surface area (Å²) < 4.78 is 25.3. The fraction of sp³-hybridized carbons (Fsp3) is 0.538. The van der Waals surface area contributed by atoms with Crippen molar-refractivity contribution in [1.29, 1.82) is 0 Å². The maximum absolute atomic E-state index is 11.5. The number of nitrogens with one attached hydrogen (secondary N) is 1. The van der Waals surface area contributed by atoms with Gasteiger partial charge in [-0.25, -0.2) is 13.1 Å². The zero-order valence-corrected chi connectivity index (χ0v) is 11.9. The Morgan fingerprint density at radius 1 is 1.22 bits per heavy atom. The molecule has 1 aromatic carbocycles. The Balaban J connectivity index is 2.72. The van der Waals surface area contributed by atoms with Crippen molar-refractivity contribution in [3.05, 3.63) is 29.8 Å². The molecule has 0 fully saturated rings. The maximum atomic E-state index is 11.5. The van der Waals surface area contributed by atoms with Gasteiger partial charge in [-0.2, -0.15) is 0 Å². The molecule has 4 nitrogen and oxygen atoms in total. The summed E-state index contributed by atoms with van der Waals surface area (Å²) in [6, 6.07) is 6.61. The van der Waals surface area contributed by atoms with E-state index in [1.165, 1.54) is 7.05 Å². The summed E-state index contributed by atoms with van der Waals surface area (Å²) in [7, 11) is -1.99. The van der Waals surface area contributed by atoms with Gasteiger partial charge < -0.3 is 5.11 Å². The van der Waals surface area contributed by atoms with Gasteiger partial charge >= 0.3 is 0 Å². The Morgan fingerprint density at radius 3 is 2.22 bits per heavy atom. The first-order valence-corrected chi connectivity index (χ1v) is 7.54. The highest BCUT2D eigenvalue weighted by atomic mass is 32.2. The van der Waals surface area contributed by atoms with Crippen molar-refractivity contribution in [2.75, 3.05) is 7.05 Å². The summed E-state index contributed by atoms with van der Waals surface area (Å²) >= 11 is 0. The SMILES string of the molecule is CNS(=O)(=O)c1ccc(CC(O)CC(C)C)cc1. The molecule has 1 rings (SSSR count). The van der Waals surface area contributed by atoms with Crippen molar-refractivity contribution in [3.8, 4) is 0 Å². The van der Waals surface area contributed by atoms with E-state index in [4.69, 9.17) is 0 Å². The molecule has 0 aliphatic carbocycles. The Hall–Kier alpha value is -0.910. The van der Waals surface area contributed by atoms with Crippen LogP contribution < -0.4 is 4.72 Å². The molecule has 2 N–H and O–H groups in total. The third kappa shape index (κ3) is 4.40. The Labute approximate surface area is 109 Å². The van der Waals surface area contributed by atoms with Gasteiger partial charge in [-0.15, -0.1) is 0 Å². The fourth-order valence-corrected chi connectivity index (χ4v) is 2.55. The van der Waals surface area contributed by atoms with Gasteiger partial charge in [0.1, 0.15) is 0 Å². The van der Waals surface area contributed by atoms with Crippen LogP contribution in [0.25, 0.3) is 0 Å². The molecule has 1 atom stereocenters. The molecule has 0 saturated heterocycles. The largest absolute Gasteiger partial charge is 0.393 e. The lowest BCUT2D eigenvalue weighted by atomic mass is 10.00. The second-order valence-corrected chi connectivity index (χ2v) is 6.73. The van der Waals surface area contributed by atoms with Crippen LogP contribution in [0.5, 0.6) is 0 Å². The van der Waals surface area contributed by atoms with E-state index in [2.05, 4.69) is 18.6 Å². The van der Waals surface area contributed by atoms with E-state index < -0.39 is 10.0 Å². The highest BCUT2D eigenvalue weighted by molar-refractivity contribution is 7.89. The third-order valence-corrected chi connectivity index (χ3v) is 4.15. The lowest BCUT2D eigenvalue weighted by Gasteiger charge is -2.13. The fourth-order valence-electron chi connectivity index (χ4n) is 1.82. The lowest BCUT2D eigenvalue weighted by Crippen LogP contribution is -2.18. The normalized spacial score (nSPS) is 13.8. The zero-order chi connectivity index (χ0) is 13.8. The van der Waals surface area contributed by atoms with Gasteiger partial charge in [0.25, 0.3) is 0 Å². The molecule has 1 unspecified atom stereocenters. The summed E-state index contributed by atoms with van der Waals surface area (Å²) in [6.07, 6.45) is 0.922. The number of hydrogen-bond donors (Lipinski definition) is 2. The quantitative estimate of drug-likeness (QED) is 0.825. The Bertz CT molecular complexity index is 466. The van der Waals surface area contributed by atoms with Gasteiger partial charge in [-0.05, 0) is 43.5 Å². The summed E-state index contributed by atoms with van der Waals surface area (Å²) in [6.45, 7) is 4.12. The third-order valence-electron chi connectivity index (χ3n) is 2.72. The number of aliphatic hydroxyl groups excluding tert-OH is 1. The zero-order valence-electron chi connectivity index (χ0n) is 11.1. The summed E-state index contributed by atoms with van der Waals surface area (Å²) in [5.74, 6) is 0.448. The van der Waals surface area contributed by atoms with E-state index in [-0.39, 0.29) is 11.0 Å². The first-order valence-electron chi connectivity index (χ1n) is 6.05. The first kappa shape index (κ1) is 15.1. The van der Waals surface area contributed by atoms with E-state index in [0.29, 0.717) is 12.3 Å². The van der Waals surface area contributed by atoms with Crippen LogP contribution in [-0.4, -0.2) is 26.7 Å². The molecule has 0 amide bonds. The van der Waals surface area contributed by atoms with E-state index in [0.717, 1.165) is 12.0 Å². The van der Waals surface area contributed by atoms with Crippen LogP contribution in [0.4, 0.5) is 0 Å². The van der Waals surface area contributed by atoms with Gasteiger partial charge in [0.2, 0.25) is 10.0 Å². The van der Waals surface area contributed by atoms with Gasteiger partial charge in [-0.3, -0.25) is 0 Å². The van der Waals surface area contributed by atoms with Crippen LogP contribution in [0, 0.1) is 5.92 Å². The van der Waals surface area contributed by atoms with E-state index in [1.54, 1.807) is 24.3 Å². The van der Waals surface area contributed by atoms with Crippen molar-refractivity contribution >= 4 is 10.0 Å². The van der Waals surface area contributed by atoms with E-state index in [9.17, 15) is 13.5 Å².